The van der Waals surface area contributed by atoms with E-state index in [0.717, 1.165) is 11.3 Å². The van der Waals surface area contributed by atoms with Crippen LogP contribution in [-0.4, -0.2) is 30.3 Å². The highest BCUT2D eigenvalue weighted by atomic mass is 16.5. The summed E-state index contributed by atoms with van der Waals surface area (Å²) in [6.07, 6.45) is 0.324. The Morgan fingerprint density at radius 3 is 2.58 bits per heavy atom. The molecule has 0 unspecified atom stereocenters. The molecular formula is C13H18N2O4. The second-order valence-corrected chi connectivity index (χ2v) is 4.08. The second kappa shape index (κ2) is 6.63. The molecule has 1 aromatic carbocycles. The van der Waals surface area contributed by atoms with Gasteiger partial charge in [0, 0.05) is 5.69 Å². The average molecular weight is 266 g/mol. The molecule has 0 saturated heterocycles. The Morgan fingerprint density at radius 2 is 2.11 bits per heavy atom. The number of aryl methyl sites for hydroxylation is 1. The van der Waals surface area contributed by atoms with E-state index in [1.807, 2.05) is 6.92 Å². The van der Waals surface area contributed by atoms with Crippen LogP contribution in [0.25, 0.3) is 0 Å². The molecule has 0 fully saturated rings. The minimum Gasteiger partial charge on any atom is -0.496 e. The summed E-state index contributed by atoms with van der Waals surface area (Å²) in [7, 11) is 1.57. The fourth-order valence-electron chi connectivity index (χ4n) is 1.62. The largest absolute Gasteiger partial charge is 0.496 e. The van der Waals surface area contributed by atoms with Crippen molar-refractivity contribution in [2.45, 2.75) is 26.3 Å². The number of carbonyl (C=O) groups is 2. The molecule has 2 amide bonds. The number of benzene rings is 1. The van der Waals surface area contributed by atoms with Crippen LogP contribution in [0.5, 0.6) is 5.75 Å². The zero-order valence-electron chi connectivity index (χ0n) is 11.2. The highest BCUT2D eigenvalue weighted by molar-refractivity contribution is 5.92. The van der Waals surface area contributed by atoms with Gasteiger partial charge in [-0.1, -0.05) is 6.92 Å². The van der Waals surface area contributed by atoms with E-state index in [0.29, 0.717) is 12.1 Å². The quantitative estimate of drug-likeness (QED) is 0.760. The van der Waals surface area contributed by atoms with Gasteiger partial charge in [0.15, 0.2) is 0 Å². The van der Waals surface area contributed by atoms with Gasteiger partial charge < -0.3 is 20.5 Å². The Labute approximate surface area is 111 Å². The summed E-state index contributed by atoms with van der Waals surface area (Å²) >= 11 is 0. The number of urea groups is 1. The number of hydrogen-bond acceptors (Lipinski definition) is 3. The van der Waals surface area contributed by atoms with E-state index in [4.69, 9.17) is 9.84 Å². The summed E-state index contributed by atoms with van der Waals surface area (Å²) in [6.45, 7) is 3.55. The van der Waals surface area contributed by atoms with Crippen LogP contribution in [0.15, 0.2) is 18.2 Å². The SMILES string of the molecule is CC[C@@H](NC(=O)Nc1ccc(OC)c(C)c1)C(=O)O. The lowest BCUT2D eigenvalue weighted by atomic mass is 10.2. The van der Waals surface area contributed by atoms with Crippen LogP contribution in [0.1, 0.15) is 18.9 Å². The predicted molar refractivity (Wildman–Crippen MR) is 71.6 cm³/mol. The first-order valence-electron chi connectivity index (χ1n) is 5.92. The molecule has 1 atom stereocenters. The first-order valence-corrected chi connectivity index (χ1v) is 5.92. The fourth-order valence-corrected chi connectivity index (χ4v) is 1.62. The van der Waals surface area contributed by atoms with Crippen molar-refractivity contribution in [3.63, 3.8) is 0 Å². The molecule has 0 heterocycles. The van der Waals surface area contributed by atoms with Gasteiger partial charge in [-0.05, 0) is 37.1 Å². The van der Waals surface area contributed by atoms with Gasteiger partial charge in [-0.3, -0.25) is 0 Å². The summed E-state index contributed by atoms with van der Waals surface area (Å²) in [5.41, 5.74) is 1.46. The molecule has 6 nitrogen and oxygen atoms in total. The lowest BCUT2D eigenvalue weighted by molar-refractivity contribution is -0.139. The lowest BCUT2D eigenvalue weighted by Gasteiger charge is -2.14. The predicted octanol–water partition coefficient (Wildman–Crippen LogP) is 1.99. The number of carboxylic acid groups (broad SMARTS) is 1. The molecule has 1 rings (SSSR count). The van der Waals surface area contributed by atoms with Crippen molar-refractivity contribution in [1.29, 1.82) is 0 Å². The van der Waals surface area contributed by atoms with Gasteiger partial charge in [0.05, 0.1) is 7.11 Å². The van der Waals surface area contributed by atoms with Crippen molar-refractivity contribution < 1.29 is 19.4 Å². The van der Waals surface area contributed by atoms with E-state index in [9.17, 15) is 9.59 Å². The standard InChI is InChI=1S/C13H18N2O4/c1-4-10(12(16)17)15-13(18)14-9-5-6-11(19-3)8(2)7-9/h5-7,10H,4H2,1-3H3,(H,16,17)(H2,14,15,18)/t10-/m1/s1. The van der Waals surface area contributed by atoms with Crippen molar-refractivity contribution in [2.24, 2.45) is 0 Å². The molecule has 0 saturated carbocycles. The van der Waals surface area contributed by atoms with Crippen molar-refractivity contribution in [3.8, 4) is 5.75 Å². The zero-order chi connectivity index (χ0) is 14.4. The third-order valence-corrected chi connectivity index (χ3v) is 2.66. The minimum absolute atomic E-state index is 0.324. The maximum Gasteiger partial charge on any atom is 0.326 e. The Morgan fingerprint density at radius 1 is 1.42 bits per heavy atom. The van der Waals surface area contributed by atoms with Gasteiger partial charge in [0.1, 0.15) is 11.8 Å². The summed E-state index contributed by atoms with van der Waals surface area (Å²) in [5.74, 6) is -0.327. The average Bonchev–Trinajstić information content (AvgIpc) is 2.35. The molecular weight excluding hydrogens is 248 g/mol. The molecule has 0 bridgehead atoms. The number of carboxylic acids is 1. The number of carbonyl (C=O) groups excluding carboxylic acids is 1. The third kappa shape index (κ3) is 4.17. The van der Waals surface area contributed by atoms with Crippen molar-refractivity contribution in [3.05, 3.63) is 23.8 Å². The van der Waals surface area contributed by atoms with E-state index in [2.05, 4.69) is 10.6 Å². The van der Waals surface area contributed by atoms with E-state index >= 15 is 0 Å². The Hall–Kier alpha value is -2.24. The molecule has 0 aliphatic heterocycles. The highest BCUT2D eigenvalue weighted by Crippen LogP contribution is 2.21. The van der Waals surface area contributed by atoms with Crippen LogP contribution in [0, 0.1) is 6.92 Å². The van der Waals surface area contributed by atoms with Crippen molar-refractivity contribution >= 4 is 17.7 Å². The maximum absolute atomic E-state index is 11.6. The smallest absolute Gasteiger partial charge is 0.326 e. The van der Waals surface area contributed by atoms with E-state index in [1.165, 1.54) is 0 Å². The van der Waals surface area contributed by atoms with Crippen LogP contribution in [0.4, 0.5) is 10.5 Å². The number of ether oxygens (including phenoxy) is 1. The molecule has 0 aromatic heterocycles. The molecule has 104 valence electrons. The van der Waals surface area contributed by atoms with Crippen LogP contribution in [0.3, 0.4) is 0 Å². The monoisotopic (exact) mass is 266 g/mol. The third-order valence-electron chi connectivity index (χ3n) is 2.66. The van der Waals surface area contributed by atoms with Gasteiger partial charge in [-0.2, -0.15) is 0 Å². The summed E-state index contributed by atoms with van der Waals surface area (Å²) in [6, 6.07) is 3.74. The van der Waals surface area contributed by atoms with Crippen LogP contribution < -0.4 is 15.4 Å². The molecule has 1 aromatic rings. The van der Waals surface area contributed by atoms with Crippen LogP contribution in [0.2, 0.25) is 0 Å². The van der Waals surface area contributed by atoms with Crippen LogP contribution >= 0.6 is 0 Å². The number of methoxy groups -OCH3 is 1. The molecule has 3 N–H and O–H groups in total. The van der Waals surface area contributed by atoms with Gasteiger partial charge in [-0.25, -0.2) is 9.59 Å². The fraction of sp³-hybridized carbons (Fsp3) is 0.385. The van der Waals surface area contributed by atoms with Crippen molar-refractivity contribution in [2.75, 3.05) is 12.4 Å². The number of aliphatic carboxylic acids is 1. The Kier molecular flexibility index (Phi) is 5.17. The van der Waals surface area contributed by atoms with E-state index < -0.39 is 18.0 Å². The molecule has 0 spiro atoms. The molecule has 0 radical (unpaired) electrons. The number of amides is 2. The summed E-state index contributed by atoms with van der Waals surface area (Å²) < 4.78 is 5.11. The normalized spacial score (nSPS) is 11.5. The first-order chi connectivity index (χ1) is 8.97. The van der Waals surface area contributed by atoms with Crippen LogP contribution in [-0.2, 0) is 4.79 Å². The molecule has 6 heteroatoms. The van der Waals surface area contributed by atoms with E-state index in [-0.39, 0.29) is 0 Å². The number of anilines is 1. The topological polar surface area (TPSA) is 87.7 Å². The van der Waals surface area contributed by atoms with Gasteiger partial charge in [0.2, 0.25) is 0 Å². The number of rotatable bonds is 5. The Balaban J connectivity index is 2.67. The van der Waals surface area contributed by atoms with Gasteiger partial charge >= 0.3 is 12.0 Å². The summed E-state index contributed by atoms with van der Waals surface area (Å²) in [4.78, 5) is 22.4. The molecule has 19 heavy (non-hydrogen) atoms. The first kappa shape index (κ1) is 14.8. The molecule has 0 aliphatic rings. The summed E-state index contributed by atoms with van der Waals surface area (Å²) in [5, 5.41) is 13.8. The number of nitrogens with one attached hydrogen (secondary N) is 2. The number of hydrogen-bond donors (Lipinski definition) is 3. The Bertz CT molecular complexity index is 474. The zero-order valence-corrected chi connectivity index (χ0v) is 11.2. The van der Waals surface area contributed by atoms with Gasteiger partial charge in [-0.15, -0.1) is 0 Å². The lowest BCUT2D eigenvalue weighted by Crippen LogP contribution is -2.42. The highest BCUT2D eigenvalue weighted by Gasteiger charge is 2.17. The molecule has 0 aliphatic carbocycles. The van der Waals surface area contributed by atoms with E-state index in [1.54, 1.807) is 32.2 Å². The second-order valence-electron chi connectivity index (χ2n) is 4.08. The van der Waals surface area contributed by atoms with Gasteiger partial charge in [0.25, 0.3) is 0 Å². The maximum atomic E-state index is 11.6. The van der Waals surface area contributed by atoms with Crippen molar-refractivity contribution in [1.82, 2.24) is 5.32 Å². The minimum atomic E-state index is -1.05.